The van der Waals surface area contributed by atoms with Crippen LogP contribution in [0.5, 0.6) is 0 Å². The van der Waals surface area contributed by atoms with Gasteiger partial charge in [-0.25, -0.2) is 0 Å². The maximum Gasteiger partial charge on any atom is 0.323 e. The summed E-state index contributed by atoms with van der Waals surface area (Å²) in [7, 11) is 0. The van der Waals surface area contributed by atoms with Crippen LogP contribution in [-0.2, 0) is 9.59 Å². The molecule has 0 spiro atoms. The monoisotopic (exact) mass is 216 g/mol. The van der Waals surface area contributed by atoms with E-state index < -0.39 is 12.0 Å². The van der Waals surface area contributed by atoms with Gasteiger partial charge in [0.05, 0.1) is 6.04 Å². The highest BCUT2D eigenvalue weighted by molar-refractivity contribution is 5.85. The lowest BCUT2D eigenvalue weighted by atomic mass is 10.1. The van der Waals surface area contributed by atoms with Crippen molar-refractivity contribution in [2.24, 2.45) is 5.73 Å². The summed E-state index contributed by atoms with van der Waals surface area (Å²) in [6.45, 7) is 5.26. The van der Waals surface area contributed by atoms with E-state index in [1.54, 1.807) is 6.92 Å². The van der Waals surface area contributed by atoms with E-state index in [9.17, 15) is 9.59 Å². The predicted octanol–water partition coefficient (Wildman–Crippen LogP) is 0.435. The van der Waals surface area contributed by atoms with E-state index in [4.69, 9.17) is 10.8 Å². The Kier molecular flexibility index (Phi) is 5.93. The topological polar surface area (TPSA) is 83.6 Å². The minimum Gasteiger partial charge on any atom is -0.480 e. The zero-order chi connectivity index (χ0) is 12.0. The van der Waals surface area contributed by atoms with Crippen LogP contribution in [0.1, 0.15) is 33.6 Å². The van der Waals surface area contributed by atoms with Gasteiger partial charge in [-0.2, -0.15) is 0 Å². The molecule has 15 heavy (non-hydrogen) atoms. The smallest absolute Gasteiger partial charge is 0.323 e. The van der Waals surface area contributed by atoms with E-state index in [1.165, 1.54) is 4.90 Å². The van der Waals surface area contributed by atoms with Crippen molar-refractivity contribution in [1.82, 2.24) is 4.90 Å². The molecule has 1 amide bonds. The summed E-state index contributed by atoms with van der Waals surface area (Å²) in [5, 5.41) is 8.70. The van der Waals surface area contributed by atoms with Crippen molar-refractivity contribution in [1.29, 1.82) is 0 Å². The van der Waals surface area contributed by atoms with Crippen molar-refractivity contribution in [2.45, 2.75) is 45.7 Å². The largest absolute Gasteiger partial charge is 0.480 e. The van der Waals surface area contributed by atoms with Gasteiger partial charge in [-0.05, 0) is 19.8 Å². The summed E-state index contributed by atoms with van der Waals surface area (Å²) in [5.41, 5.74) is 5.60. The number of hydrogen-bond donors (Lipinski definition) is 2. The zero-order valence-corrected chi connectivity index (χ0v) is 9.56. The zero-order valence-electron chi connectivity index (χ0n) is 9.56. The predicted molar refractivity (Wildman–Crippen MR) is 57.4 cm³/mol. The molecule has 0 aliphatic rings. The number of amides is 1. The Balaban J connectivity index is 4.61. The summed E-state index contributed by atoms with van der Waals surface area (Å²) in [6.07, 6.45) is 1.24. The standard InChI is InChI=1S/C10H20N2O3/c1-4-7(3)12(6-9(13)14)10(15)8(11)5-2/h7-8H,4-6,11H2,1-3H3,(H,13,14)/t7?,8-/m1/s1. The number of carbonyl (C=O) groups excluding carboxylic acids is 1. The lowest BCUT2D eigenvalue weighted by molar-refractivity contribution is -0.146. The minimum absolute atomic E-state index is 0.0915. The Hall–Kier alpha value is -1.10. The highest BCUT2D eigenvalue weighted by Crippen LogP contribution is 2.06. The first-order chi connectivity index (χ1) is 6.93. The van der Waals surface area contributed by atoms with E-state index in [0.717, 1.165) is 6.42 Å². The third-order valence-corrected chi connectivity index (χ3v) is 2.47. The van der Waals surface area contributed by atoms with Crippen LogP contribution >= 0.6 is 0 Å². The lowest BCUT2D eigenvalue weighted by Crippen LogP contribution is -2.49. The quantitative estimate of drug-likeness (QED) is 0.674. The second-order valence-corrected chi connectivity index (χ2v) is 3.63. The number of carbonyl (C=O) groups is 2. The van der Waals surface area contributed by atoms with Gasteiger partial charge in [-0.15, -0.1) is 0 Å². The number of nitrogens with zero attached hydrogens (tertiary/aromatic N) is 1. The second kappa shape index (κ2) is 6.40. The van der Waals surface area contributed by atoms with Crippen molar-refractivity contribution in [3.8, 4) is 0 Å². The summed E-state index contributed by atoms with van der Waals surface area (Å²) in [4.78, 5) is 23.7. The maximum absolute atomic E-state index is 11.7. The molecule has 0 rings (SSSR count). The van der Waals surface area contributed by atoms with Crippen LogP contribution in [0.3, 0.4) is 0 Å². The van der Waals surface area contributed by atoms with Crippen LogP contribution < -0.4 is 5.73 Å². The van der Waals surface area contributed by atoms with Crippen LogP contribution in [-0.4, -0.2) is 40.5 Å². The normalized spacial score (nSPS) is 14.4. The third-order valence-electron chi connectivity index (χ3n) is 2.47. The van der Waals surface area contributed by atoms with Crippen LogP contribution in [0.2, 0.25) is 0 Å². The van der Waals surface area contributed by atoms with Gasteiger partial charge in [0.2, 0.25) is 5.91 Å². The van der Waals surface area contributed by atoms with Gasteiger partial charge < -0.3 is 15.7 Å². The fraction of sp³-hybridized carbons (Fsp3) is 0.800. The average molecular weight is 216 g/mol. The van der Waals surface area contributed by atoms with Gasteiger partial charge in [0.15, 0.2) is 0 Å². The van der Waals surface area contributed by atoms with Gasteiger partial charge in [-0.1, -0.05) is 13.8 Å². The van der Waals surface area contributed by atoms with Gasteiger partial charge in [0.25, 0.3) is 0 Å². The molecule has 2 atom stereocenters. The number of nitrogens with two attached hydrogens (primary N) is 1. The Bertz CT molecular complexity index is 231. The van der Waals surface area contributed by atoms with Gasteiger partial charge in [0, 0.05) is 6.04 Å². The first-order valence-corrected chi connectivity index (χ1v) is 5.21. The van der Waals surface area contributed by atoms with Crippen molar-refractivity contribution < 1.29 is 14.7 Å². The van der Waals surface area contributed by atoms with E-state index in [-0.39, 0.29) is 18.5 Å². The Morgan fingerprint density at radius 1 is 1.33 bits per heavy atom. The molecule has 0 aromatic carbocycles. The third kappa shape index (κ3) is 4.29. The fourth-order valence-corrected chi connectivity index (χ4v) is 1.20. The summed E-state index contributed by atoms with van der Waals surface area (Å²) < 4.78 is 0. The molecule has 0 saturated carbocycles. The summed E-state index contributed by atoms with van der Waals surface area (Å²) in [5.74, 6) is -1.29. The highest BCUT2D eigenvalue weighted by atomic mass is 16.4. The van der Waals surface area contributed by atoms with Crippen LogP contribution in [0, 0.1) is 0 Å². The lowest BCUT2D eigenvalue weighted by Gasteiger charge is -2.29. The Morgan fingerprint density at radius 3 is 2.20 bits per heavy atom. The molecule has 0 aliphatic carbocycles. The van der Waals surface area contributed by atoms with Crippen molar-refractivity contribution in [2.75, 3.05) is 6.54 Å². The average Bonchev–Trinajstić information content (AvgIpc) is 2.22. The molecule has 3 N–H and O–H groups in total. The molecule has 0 radical (unpaired) electrons. The molecular formula is C10H20N2O3. The molecule has 88 valence electrons. The number of carboxylic acids is 1. The molecule has 1 unspecified atom stereocenters. The maximum atomic E-state index is 11.7. The molecule has 5 heteroatoms. The molecule has 0 saturated heterocycles. The van der Waals surface area contributed by atoms with Crippen LogP contribution in [0.25, 0.3) is 0 Å². The SMILES string of the molecule is CCC(C)N(CC(=O)O)C(=O)[C@H](N)CC. The van der Waals surface area contributed by atoms with E-state index in [0.29, 0.717) is 6.42 Å². The molecule has 5 nitrogen and oxygen atoms in total. The summed E-state index contributed by atoms with van der Waals surface area (Å²) in [6, 6.07) is -0.690. The molecule has 0 bridgehead atoms. The number of carboxylic acid groups (broad SMARTS) is 1. The van der Waals surface area contributed by atoms with E-state index in [1.807, 2.05) is 13.8 Å². The first-order valence-electron chi connectivity index (χ1n) is 5.21. The Labute approximate surface area is 90.2 Å². The second-order valence-electron chi connectivity index (χ2n) is 3.63. The number of rotatable bonds is 6. The van der Waals surface area contributed by atoms with Crippen molar-refractivity contribution >= 4 is 11.9 Å². The van der Waals surface area contributed by atoms with Crippen molar-refractivity contribution in [3.63, 3.8) is 0 Å². The Morgan fingerprint density at radius 2 is 1.87 bits per heavy atom. The molecule has 0 aliphatic heterocycles. The molecule has 0 fully saturated rings. The number of aliphatic carboxylic acids is 1. The van der Waals surface area contributed by atoms with Crippen LogP contribution in [0.15, 0.2) is 0 Å². The van der Waals surface area contributed by atoms with E-state index in [2.05, 4.69) is 0 Å². The van der Waals surface area contributed by atoms with E-state index >= 15 is 0 Å². The first kappa shape index (κ1) is 13.9. The van der Waals surface area contributed by atoms with Gasteiger partial charge >= 0.3 is 5.97 Å². The van der Waals surface area contributed by atoms with Gasteiger partial charge in [0.1, 0.15) is 6.54 Å². The molecule has 0 aromatic rings. The van der Waals surface area contributed by atoms with Crippen molar-refractivity contribution in [3.05, 3.63) is 0 Å². The van der Waals surface area contributed by atoms with Gasteiger partial charge in [-0.3, -0.25) is 9.59 Å². The molecule has 0 heterocycles. The molecular weight excluding hydrogens is 196 g/mol. The highest BCUT2D eigenvalue weighted by Gasteiger charge is 2.25. The minimum atomic E-state index is -1.01. The number of hydrogen-bond acceptors (Lipinski definition) is 3. The van der Waals surface area contributed by atoms with Crippen LogP contribution in [0.4, 0.5) is 0 Å². The fourth-order valence-electron chi connectivity index (χ4n) is 1.20. The summed E-state index contributed by atoms with van der Waals surface area (Å²) >= 11 is 0. The molecule has 0 aromatic heterocycles.